The van der Waals surface area contributed by atoms with E-state index in [0.717, 1.165) is 5.69 Å². The summed E-state index contributed by atoms with van der Waals surface area (Å²) in [7, 11) is 0. The molecule has 3 aromatic heterocycles. The molecule has 0 saturated carbocycles. The quantitative estimate of drug-likeness (QED) is 0.598. The molecule has 6 heteroatoms. The molecule has 3 aromatic rings. The Bertz CT molecular complexity index is 649. The molecule has 3 heterocycles. The van der Waals surface area contributed by atoms with E-state index in [1.165, 1.54) is 12.3 Å². The van der Waals surface area contributed by atoms with Crippen LogP contribution in [-0.2, 0) is 0 Å². The van der Waals surface area contributed by atoms with Crippen LogP contribution >= 0.6 is 0 Å². The fraction of sp³-hybridized carbons (Fsp3) is 0. The van der Waals surface area contributed by atoms with E-state index in [-0.39, 0.29) is 5.43 Å². The van der Waals surface area contributed by atoms with Crippen molar-refractivity contribution in [3.05, 3.63) is 40.9 Å². The predicted molar refractivity (Wildman–Crippen MR) is 53.4 cm³/mol. The van der Waals surface area contributed by atoms with E-state index in [4.69, 9.17) is 0 Å². The van der Waals surface area contributed by atoms with Crippen LogP contribution in [0.1, 0.15) is 0 Å². The number of hydrogen-bond acceptors (Lipinski definition) is 3. The van der Waals surface area contributed by atoms with Crippen molar-refractivity contribution >= 4 is 5.52 Å². The molecule has 0 fully saturated rings. The summed E-state index contributed by atoms with van der Waals surface area (Å²) in [6.45, 7) is 0. The van der Waals surface area contributed by atoms with Gasteiger partial charge in [-0.25, -0.2) is 9.50 Å². The lowest BCUT2D eigenvalue weighted by Gasteiger charge is -1.96. The molecule has 0 saturated heterocycles. The van der Waals surface area contributed by atoms with Crippen LogP contribution in [0, 0.1) is 0 Å². The summed E-state index contributed by atoms with van der Waals surface area (Å²) in [6, 6.07) is 3.26. The predicted octanol–water partition coefficient (Wildman–Crippen LogP) is 0.413. The molecule has 0 aliphatic carbocycles. The molecular formula is C9H7N5O. The highest BCUT2D eigenvalue weighted by Crippen LogP contribution is 2.13. The topological polar surface area (TPSA) is 78.8 Å². The van der Waals surface area contributed by atoms with E-state index in [2.05, 4.69) is 20.3 Å². The number of nitrogens with one attached hydrogen (secondary N) is 2. The highest BCUT2D eigenvalue weighted by atomic mass is 16.1. The van der Waals surface area contributed by atoms with Crippen LogP contribution in [0.3, 0.4) is 0 Å². The van der Waals surface area contributed by atoms with E-state index < -0.39 is 0 Å². The van der Waals surface area contributed by atoms with Crippen molar-refractivity contribution in [2.75, 3.05) is 0 Å². The molecule has 0 aliphatic rings. The van der Waals surface area contributed by atoms with Gasteiger partial charge in [0.05, 0.1) is 6.20 Å². The van der Waals surface area contributed by atoms with E-state index >= 15 is 0 Å². The average Bonchev–Trinajstić information content (AvgIpc) is 2.85. The van der Waals surface area contributed by atoms with Gasteiger partial charge in [0.1, 0.15) is 11.2 Å². The summed E-state index contributed by atoms with van der Waals surface area (Å²) >= 11 is 0. The molecule has 0 atom stereocenters. The van der Waals surface area contributed by atoms with Crippen molar-refractivity contribution < 1.29 is 0 Å². The van der Waals surface area contributed by atoms with Crippen molar-refractivity contribution in [1.82, 2.24) is 24.8 Å². The number of nitrogens with zero attached hydrogens (tertiary/aromatic N) is 3. The van der Waals surface area contributed by atoms with Gasteiger partial charge in [0.2, 0.25) is 5.43 Å². The summed E-state index contributed by atoms with van der Waals surface area (Å²) in [6.07, 6.45) is 4.75. The van der Waals surface area contributed by atoms with Crippen LogP contribution in [0.2, 0.25) is 0 Å². The summed E-state index contributed by atoms with van der Waals surface area (Å²) in [5.74, 6) is 0.639. The van der Waals surface area contributed by atoms with Crippen molar-refractivity contribution in [1.29, 1.82) is 0 Å². The molecule has 6 nitrogen and oxygen atoms in total. The van der Waals surface area contributed by atoms with Crippen molar-refractivity contribution in [3.8, 4) is 11.5 Å². The zero-order valence-corrected chi connectivity index (χ0v) is 7.64. The van der Waals surface area contributed by atoms with Crippen LogP contribution in [0.4, 0.5) is 0 Å². The lowest BCUT2D eigenvalue weighted by atomic mass is 10.4. The molecular weight excluding hydrogens is 194 g/mol. The summed E-state index contributed by atoms with van der Waals surface area (Å²) < 4.78 is 1.62. The van der Waals surface area contributed by atoms with Crippen LogP contribution < -0.4 is 5.43 Å². The average molecular weight is 201 g/mol. The zero-order chi connectivity index (χ0) is 10.3. The molecule has 0 bridgehead atoms. The van der Waals surface area contributed by atoms with E-state index in [1.807, 2.05) is 0 Å². The molecule has 0 aliphatic heterocycles. The first kappa shape index (κ1) is 7.98. The summed E-state index contributed by atoms with van der Waals surface area (Å²) in [5.41, 5.74) is 1.21. The lowest BCUT2D eigenvalue weighted by molar-refractivity contribution is 0.920. The number of imidazole rings is 1. The highest BCUT2D eigenvalue weighted by Gasteiger charge is 2.08. The van der Waals surface area contributed by atoms with Gasteiger partial charge in [-0.1, -0.05) is 0 Å². The number of fused-ring (bicyclic) bond motifs is 1. The maximum atomic E-state index is 11.5. The van der Waals surface area contributed by atoms with Crippen LogP contribution in [0.15, 0.2) is 35.5 Å². The monoisotopic (exact) mass is 201 g/mol. The molecule has 15 heavy (non-hydrogen) atoms. The summed E-state index contributed by atoms with van der Waals surface area (Å²) in [4.78, 5) is 15.6. The van der Waals surface area contributed by atoms with Gasteiger partial charge >= 0.3 is 0 Å². The number of hydrogen-bond donors (Lipinski definition) is 2. The zero-order valence-electron chi connectivity index (χ0n) is 7.64. The van der Waals surface area contributed by atoms with Gasteiger partial charge in [0.15, 0.2) is 5.82 Å². The SMILES string of the molecule is O=c1cc[nH]n2c(-c3ccn[nH]3)ncc12. The van der Waals surface area contributed by atoms with Crippen molar-refractivity contribution in [3.63, 3.8) is 0 Å². The Morgan fingerprint density at radius 2 is 2.27 bits per heavy atom. The normalized spacial score (nSPS) is 10.9. The Labute approximate surface area is 83.6 Å². The van der Waals surface area contributed by atoms with Gasteiger partial charge in [0.25, 0.3) is 0 Å². The van der Waals surface area contributed by atoms with Gasteiger partial charge in [-0.05, 0) is 6.07 Å². The number of aromatic amines is 2. The third kappa shape index (κ3) is 1.08. The largest absolute Gasteiger partial charge is 0.299 e. The third-order valence-electron chi connectivity index (χ3n) is 2.19. The molecule has 0 aromatic carbocycles. The van der Waals surface area contributed by atoms with Gasteiger partial charge in [0, 0.05) is 18.5 Å². The number of aromatic nitrogens is 5. The third-order valence-corrected chi connectivity index (χ3v) is 2.19. The van der Waals surface area contributed by atoms with E-state index in [9.17, 15) is 4.79 Å². The number of H-pyrrole nitrogens is 2. The Morgan fingerprint density at radius 3 is 3.07 bits per heavy atom. The summed E-state index contributed by atoms with van der Waals surface area (Å²) in [5, 5.41) is 9.57. The minimum atomic E-state index is -0.0629. The fourth-order valence-corrected chi connectivity index (χ4v) is 1.50. The Morgan fingerprint density at radius 1 is 1.33 bits per heavy atom. The molecule has 2 N–H and O–H groups in total. The second kappa shape index (κ2) is 2.81. The molecule has 0 spiro atoms. The maximum absolute atomic E-state index is 11.5. The first-order valence-corrected chi connectivity index (χ1v) is 4.41. The van der Waals surface area contributed by atoms with Crippen LogP contribution in [-0.4, -0.2) is 24.8 Å². The number of rotatable bonds is 1. The highest BCUT2D eigenvalue weighted by molar-refractivity contribution is 5.57. The second-order valence-electron chi connectivity index (χ2n) is 3.10. The maximum Gasteiger partial charge on any atom is 0.207 e. The lowest BCUT2D eigenvalue weighted by Crippen LogP contribution is -2.05. The van der Waals surface area contributed by atoms with Gasteiger partial charge in [-0.2, -0.15) is 5.10 Å². The molecule has 74 valence electrons. The molecule has 3 rings (SSSR count). The molecule has 0 amide bonds. The van der Waals surface area contributed by atoms with Gasteiger partial charge < -0.3 is 0 Å². The Kier molecular flexibility index (Phi) is 1.49. The van der Waals surface area contributed by atoms with Crippen molar-refractivity contribution in [2.45, 2.75) is 0 Å². The second-order valence-corrected chi connectivity index (χ2v) is 3.10. The first-order chi connectivity index (χ1) is 7.36. The standard InChI is InChI=1S/C9H7N5O/c15-8-2-4-12-14-7(8)5-10-9(14)6-1-3-11-13-6/h1-5,12H,(H,11,13). The first-order valence-electron chi connectivity index (χ1n) is 4.41. The molecule has 0 unspecified atom stereocenters. The van der Waals surface area contributed by atoms with E-state index in [0.29, 0.717) is 11.3 Å². The van der Waals surface area contributed by atoms with Crippen LogP contribution in [0.5, 0.6) is 0 Å². The Balaban J connectivity index is 2.39. The van der Waals surface area contributed by atoms with Crippen molar-refractivity contribution in [2.24, 2.45) is 0 Å². The fourth-order valence-electron chi connectivity index (χ4n) is 1.50. The van der Waals surface area contributed by atoms with Crippen LogP contribution in [0.25, 0.3) is 17.0 Å². The minimum Gasteiger partial charge on any atom is -0.299 e. The smallest absolute Gasteiger partial charge is 0.207 e. The Hall–Kier alpha value is -2.37. The van der Waals surface area contributed by atoms with Gasteiger partial charge in [-0.3, -0.25) is 15.0 Å². The van der Waals surface area contributed by atoms with E-state index in [1.54, 1.807) is 23.0 Å². The van der Waals surface area contributed by atoms with Gasteiger partial charge in [-0.15, -0.1) is 0 Å². The molecule has 0 radical (unpaired) electrons. The minimum absolute atomic E-state index is 0.0629.